The minimum atomic E-state index is -2.38. The molecule has 4 N–H and O–H groups in total. The van der Waals surface area contributed by atoms with E-state index in [1.54, 1.807) is 20.8 Å². The van der Waals surface area contributed by atoms with Crippen molar-refractivity contribution in [2.45, 2.75) is 44.9 Å². The Labute approximate surface area is 88.0 Å². The summed E-state index contributed by atoms with van der Waals surface area (Å²) in [6.45, 7) is 5.07. The SMILES string of the molecule is CC(C)(C)OC(=O)CCC(N)(O)C(=O)O. The zero-order valence-electron chi connectivity index (χ0n) is 9.11. The Hall–Kier alpha value is -1.14. The maximum absolute atomic E-state index is 11.1. The van der Waals surface area contributed by atoms with Gasteiger partial charge in [-0.3, -0.25) is 10.5 Å². The molecule has 0 fully saturated rings. The number of hydrogen-bond donors (Lipinski definition) is 3. The first-order valence-electron chi connectivity index (χ1n) is 4.51. The lowest BCUT2D eigenvalue weighted by molar-refractivity contribution is -0.162. The third-order valence-electron chi connectivity index (χ3n) is 1.50. The van der Waals surface area contributed by atoms with Crippen LogP contribution in [0.1, 0.15) is 33.6 Å². The second kappa shape index (κ2) is 4.59. The minimum Gasteiger partial charge on any atom is -0.478 e. The molecule has 0 aromatic rings. The van der Waals surface area contributed by atoms with Gasteiger partial charge in [-0.1, -0.05) is 0 Å². The number of esters is 1. The smallest absolute Gasteiger partial charge is 0.351 e. The number of rotatable bonds is 4. The molecule has 0 aromatic heterocycles. The van der Waals surface area contributed by atoms with E-state index in [0.29, 0.717) is 0 Å². The quantitative estimate of drug-likeness (QED) is 0.447. The van der Waals surface area contributed by atoms with Gasteiger partial charge < -0.3 is 14.9 Å². The van der Waals surface area contributed by atoms with Crippen molar-refractivity contribution in [2.24, 2.45) is 5.73 Å². The molecule has 6 nitrogen and oxygen atoms in total. The van der Waals surface area contributed by atoms with Crippen molar-refractivity contribution in [3.8, 4) is 0 Å². The van der Waals surface area contributed by atoms with Crippen molar-refractivity contribution in [1.82, 2.24) is 0 Å². The number of aliphatic hydroxyl groups is 1. The van der Waals surface area contributed by atoms with E-state index in [4.69, 9.17) is 20.7 Å². The molecule has 0 rings (SSSR count). The molecule has 0 amide bonds. The van der Waals surface area contributed by atoms with Gasteiger partial charge in [-0.15, -0.1) is 0 Å². The molecule has 0 aliphatic rings. The van der Waals surface area contributed by atoms with Crippen molar-refractivity contribution in [3.05, 3.63) is 0 Å². The molecule has 0 bridgehead atoms. The Kier molecular flexibility index (Phi) is 4.24. The molecule has 88 valence electrons. The van der Waals surface area contributed by atoms with Crippen LogP contribution >= 0.6 is 0 Å². The van der Waals surface area contributed by atoms with Gasteiger partial charge in [0.15, 0.2) is 0 Å². The van der Waals surface area contributed by atoms with Crippen LogP contribution in [0, 0.1) is 0 Å². The van der Waals surface area contributed by atoms with Crippen molar-refractivity contribution >= 4 is 11.9 Å². The van der Waals surface area contributed by atoms with Crippen molar-refractivity contribution < 1.29 is 24.5 Å². The summed E-state index contributed by atoms with van der Waals surface area (Å²) >= 11 is 0. The number of carbonyl (C=O) groups excluding carboxylic acids is 1. The largest absolute Gasteiger partial charge is 0.478 e. The summed E-state index contributed by atoms with van der Waals surface area (Å²) in [5.74, 6) is -2.15. The minimum absolute atomic E-state index is 0.240. The summed E-state index contributed by atoms with van der Waals surface area (Å²) < 4.78 is 4.91. The molecule has 0 aliphatic carbocycles. The molecule has 0 saturated carbocycles. The van der Waals surface area contributed by atoms with Crippen molar-refractivity contribution in [2.75, 3.05) is 0 Å². The topological polar surface area (TPSA) is 110 Å². The number of aliphatic carboxylic acids is 1. The average Bonchev–Trinajstić information content (AvgIpc) is 1.97. The van der Waals surface area contributed by atoms with E-state index in [0.717, 1.165) is 0 Å². The number of ether oxygens (including phenoxy) is 1. The lowest BCUT2D eigenvalue weighted by Gasteiger charge is -2.21. The number of nitrogens with two attached hydrogens (primary N) is 1. The van der Waals surface area contributed by atoms with Crippen LogP contribution in [0.4, 0.5) is 0 Å². The molecule has 1 atom stereocenters. The molecule has 0 spiro atoms. The van der Waals surface area contributed by atoms with Crippen molar-refractivity contribution in [3.63, 3.8) is 0 Å². The monoisotopic (exact) mass is 219 g/mol. The fraction of sp³-hybridized carbons (Fsp3) is 0.778. The third-order valence-corrected chi connectivity index (χ3v) is 1.50. The summed E-state index contributed by atoms with van der Waals surface area (Å²) in [6.07, 6.45) is -0.617. The summed E-state index contributed by atoms with van der Waals surface area (Å²) in [4.78, 5) is 21.5. The number of carboxylic acids is 1. The fourth-order valence-corrected chi connectivity index (χ4v) is 0.792. The Balaban J connectivity index is 4.07. The number of carbonyl (C=O) groups is 2. The fourth-order valence-electron chi connectivity index (χ4n) is 0.792. The van der Waals surface area contributed by atoms with E-state index in [2.05, 4.69) is 0 Å². The van der Waals surface area contributed by atoms with E-state index in [-0.39, 0.29) is 12.8 Å². The highest BCUT2D eigenvalue weighted by Gasteiger charge is 2.32. The molecule has 15 heavy (non-hydrogen) atoms. The predicted octanol–water partition coefficient (Wildman–Crippen LogP) is -0.160. The molecular weight excluding hydrogens is 202 g/mol. The molecule has 6 heteroatoms. The van der Waals surface area contributed by atoms with Gasteiger partial charge in [0, 0.05) is 6.42 Å². The lowest BCUT2D eigenvalue weighted by atomic mass is 10.1. The second-order valence-corrected chi connectivity index (χ2v) is 4.32. The first kappa shape index (κ1) is 13.9. The second-order valence-electron chi connectivity index (χ2n) is 4.32. The van der Waals surface area contributed by atoms with Gasteiger partial charge in [-0.2, -0.15) is 0 Å². The van der Waals surface area contributed by atoms with Crippen molar-refractivity contribution in [1.29, 1.82) is 0 Å². The Morgan fingerprint density at radius 2 is 1.80 bits per heavy atom. The van der Waals surface area contributed by atoms with E-state index in [1.165, 1.54) is 0 Å². The first-order chi connectivity index (χ1) is 6.54. The van der Waals surface area contributed by atoms with Crippen LogP contribution in [0.25, 0.3) is 0 Å². The predicted molar refractivity (Wildman–Crippen MR) is 51.9 cm³/mol. The zero-order valence-corrected chi connectivity index (χ0v) is 9.11. The van der Waals surface area contributed by atoms with Gasteiger partial charge in [0.25, 0.3) is 0 Å². The van der Waals surface area contributed by atoms with Gasteiger partial charge in [0.1, 0.15) is 5.60 Å². The molecular formula is C9H17NO5. The third kappa shape index (κ3) is 6.03. The lowest BCUT2D eigenvalue weighted by Crippen LogP contribution is -2.48. The van der Waals surface area contributed by atoms with E-state index in [1.807, 2.05) is 0 Å². The first-order valence-corrected chi connectivity index (χ1v) is 4.51. The van der Waals surface area contributed by atoms with Gasteiger partial charge in [0.05, 0.1) is 6.42 Å². The molecule has 0 saturated heterocycles. The van der Waals surface area contributed by atoms with Crippen LogP contribution in [0.5, 0.6) is 0 Å². The number of hydrogen-bond acceptors (Lipinski definition) is 5. The maximum atomic E-state index is 11.1. The van der Waals surface area contributed by atoms with Crippen LogP contribution < -0.4 is 5.73 Å². The molecule has 1 unspecified atom stereocenters. The molecule has 0 heterocycles. The summed E-state index contributed by atoms with van der Waals surface area (Å²) in [6, 6.07) is 0. The van der Waals surface area contributed by atoms with Crippen LogP contribution in [0.2, 0.25) is 0 Å². The van der Waals surface area contributed by atoms with Crippen LogP contribution in [-0.4, -0.2) is 33.5 Å². The Bertz CT molecular complexity index is 254. The summed E-state index contributed by atoms with van der Waals surface area (Å²) in [7, 11) is 0. The number of carboxylic acid groups (broad SMARTS) is 1. The van der Waals surface area contributed by atoms with Gasteiger partial charge in [0.2, 0.25) is 5.72 Å². The molecule has 0 aromatic carbocycles. The van der Waals surface area contributed by atoms with Gasteiger partial charge in [-0.05, 0) is 20.8 Å². The highest BCUT2D eigenvalue weighted by Crippen LogP contribution is 2.12. The summed E-state index contributed by atoms with van der Waals surface area (Å²) in [5.41, 5.74) is 2.01. The van der Waals surface area contributed by atoms with E-state index >= 15 is 0 Å². The summed E-state index contributed by atoms with van der Waals surface area (Å²) in [5, 5.41) is 17.6. The van der Waals surface area contributed by atoms with Crippen LogP contribution in [0.15, 0.2) is 0 Å². The zero-order chi connectivity index (χ0) is 12.3. The van der Waals surface area contributed by atoms with Crippen LogP contribution in [0.3, 0.4) is 0 Å². The van der Waals surface area contributed by atoms with E-state index in [9.17, 15) is 9.59 Å². The van der Waals surface area contributed by atoms with Gasteiger partial charge >= 0.3 is 11.9 Å². The average molecular weight is 219 g/mol. The van der Waals surface area contributed by atoms with Crippen LogP contribution in [-0.2, 0) is 14.3 Å². The van der Waals surface area contributed by atoms with Gasteiger partial charge in [-0.25, -0.2) is 4.79 Å². The molecule has 0 radical (unpaired) electrons. The molecule has 0 aliphatic heterocycles. The van der Waals surface area contributed by atoms with E-state index < -0.39 is 23.3 Å². The normalized spacial score (nSPS) is 15.5. The highest BCUT2D eigenvalue weighted by atomic mass is 16.6. The highest BCUT2D eigenvalue weighted by molar-refractivity contribution is 5.77. The maximum Gasteiger partial charge on any atom is 0.351 e. The standard InChI is InChI=1S/C9H17NO5/c1-8(2,3)15-6(11)4-5-9(10,14)7(12)13/h14H,4-5,10H2,1-3H3,(H,12,13). The Morgan fingerprint density at radius 3 is 2.13 bits per heavy atom. The Morgan fingerprint density at radius 1 is 1.33 bits per heavy atom.